The molecule has 0 spiro atoms. The Balaban J connectivity index is 1.66. The smallest absolute Gasteiger partial charge is 0.232 e. The molecule has 2 aromatic rings. The molecular weight excluding hydrogens is 368 g/mol. The van der Waals surface area contributed by atoms with Crippen molar-refractivity contribution in [3.8, 4) is 11.5 Å². The number of benzene rings is 1. The third kappa shape index (κ3) is 2.99. The normalized spacial score (nSPS) is 22.7. The van der Waals surface area contributed by atoms with Crippen LogP contribution in [-0.4, -0.2) is 23.5 Å². The summed E-state index contributed by atoms with van der Waals surface area (Å²) in [4.78, 5) is 32.4. The van der Waals surface area contributed by atoms with Crippen LogP contribution in [0.3, 0.4) is 0 Å². The van der Waals surface area contributed by atoms with Gasteiger partial charge in [0.15, 0.2) is 17.3 Å². The van der Waals surface area contributed by atoms with Crippen LogP contribution >= 0.6 is 0 Å². The average molecular weight is 390 g/mol. The van der Waals surface area contributed by atoms with Gasteiger partial charge in [-0.2, -0.15) is 0 Å². The van der Waals surface area contributed by atoms with E-state index in [4.69, 9.17) is 9.47 Å². The summed E-state index contributed by atoms with van der Waals surface area (Å²) < 4.78 is 10.9. The van der Waals surface area contributed by atoms with Crippen molar-refractivity contribution < 1.29 is 19.1 Å². The zero-order valence-corrected chi connectivity index (χ0v) is 16.5. The van der Waals surface area contributed by atoms with Crippen LogP contribution in [0, 0.1) is 5.41 Å². The Kier molecular flexibility index (Phi) is 3.98. The van der Waals surface area contributed by atoms with E-state index >= 15 is 0 Å². The number of ether oxygens (including phenoxy) is 2. The first-order valence-corrected chi connectivity index (χ1v) is 9.82. The molecule has 5 rings (SSSR count). The quantitative estimate of drug-likeness (QED) is 0.776. The first-order chi connectivity index (χ1) is 13.9. The molecule has 6 heteroatoms. The van der Waals surface area contributed by atoms with Gasteiger partial charge in [-0.15, -0.1) is 0 Å². The zero-order chi connectivity index (χ0) is 20.2. The lowest BCUT2D eigenvalue weighted by atomic mass is 9.69. The minimum atomic E-state index is -0.275. The maximum absolute atomic E-state index is 13.3. The lowest BCUT2D eigenvalue weighted by molar-refractivity contribution is -0.121. The number of fused-ring (bicyclic) bond motifs is 1. The van der Waals surface area contributed by atoms with Gasteiger partial charge < -0.3 is 9.47 Å². The first kappa shape index (κ1) is 17.9. The molecule has 3 heterocycles. The Hall–Kier alpha value is -3.15. The number of carbonyl (C=O) groups is 2. The molecule has 1 aromatic carbocycles. The molecule has 2 aliphatic heterocycles. The van der Waals surface area contributed by atoms with E-state index in [9.17, 15) is 9.59 Å². The molecule has 148 valence electrons. The summed E-state index contributed by atoms with van der Waals surface area (Å²) in [6.45, 7) is 4.34. The van der Waals surface area contributed by atoms with Crippen molar-refractivity contribution >= 4 is 17.4 Å². The number of rotatable bonds is 2. The van der Waals surface area contributed by atoms with Crippen molar-refractivity contribution in [2.45, 2.75) is 39.0 Å². The SMILES string of the molecule is CC1(C)CC(=O)C2=C(C1)N(c1cccnc1)C(=O)CC2c1ccc2c(c1)OCO2. The number of carbonyl (C=O) groups excluding carboxylic acids is 2. The van der Waals surface area contributed by atoms with E-state index in [1.807, 2.05) is 30.3 Å². The molecule has 3 aliphatic rings. The van der Waals surface area contributed by atoms with Crippen LogP contribution in [0.2, 0.25) is 0 Å². The summed E-state index contributed by atoms with van der Waals surface area (Å²) in [5.41, 5.74) is 2.96. The molecule has 0 N–H and O–H groups in total. The predicted molar refractivity (Wildman–Crippen MR) is 107 cm³/mol. The van der Waals surface area contributed by atoms with Crippen LogP contribution in [0.25, 0.3) is 0 Å². The standard InChI is InChI=1S/C23H22N2O4/c1-23(2)10-17-22(18(26)11-23)16(14-5-6-19-20(8-14)29-13-28-19)9-21(27)25(17)15-4-3-7-24-12-15/h3-8,12,16H,9-11,13H2,1-2H3. The molecule has 1 unspecified atom stereocenters. The van der Waals surface area contributed by atoms with Crippen LogP contribution in [0.4, 0.5) is 5.69 Å². The van der Waals surface area contributed by atoms with Crippen LogP contribution in [0.1, 0.15) is 44.6 Å². The number of aromatic nitrogens is 1. The van der Waals surface area contributed by atoms with Gasteiger partial charge in [-0.3, -0.25) is 19.5 Å². The molecule has 1 aromatic heterocycles. The van der Waals surface area contributed by atoms with Crippen LogP contribution in [0.15, 0.2) is 54.0 Å². The zero-order valence-electron chi connectivity index (χ0n) is 16.5. The van der Waals surface area contributed by atoms with Crippen molar-refractivity contribution in [2.75, 3.05) is 11.7 Å². The first-order valence-electron chi connectivity index (χ1n) is 9.82. The van der Waals surface area contributed by atoms with Gasteiger partial charge in [-0.05, 0) is 41.7 Å². The summed E-state index contributed by atoms with van der Waals surface area (Å²) >= 11 is 0. The number of Topliss-reactive ketones (excluding diaryl/α,β-unsaturated/α-hetero) is 1. The summed E-state index contributed by atoms with van der Waals surface area (Å²) in [5.74, 6) is 1.17. The van der Waals surface area contributed by atoms with Crippen molar-refractivity contribution in [3.63, 3.8) is 0 Å². The second-order valence-electron chi connectivity index (χ2n) is 8.61. The summed E-state index contributed by atoms with van der Waals surface area (Å²) in [7, 11) is 0. The minimum absolute atomic E-state index is 0.0232. The monoisotopic (exact) mass is 390 g/mol. The lowest BCUT2D eigenvalue weighted by Crippen LogP contribution is -2.43. The molecule has 0 saturated heterocycles. The van der Waals surface area contributed by atoms with Gasteiger partial charge in [-0.25, -0.2) is 0 Å². The average Bonchev–Trinajstić information content (AvgIpc) is 3.14. The van der Waals surface area contributed by atoms with Gasteiger partial charge in [0.1, 0.15) is 0 Å². The molecule has 0 saturated carbocycles. The summed E-state index contributed by atoms with van der Waals surface area (Å²) in [5, 5.41) is 0. The fraction of sp³-hybridized carbons (Fsp3) is 0.348. The Morgan fingerprint density at radius 3 is 2.72 bits per heavy atom. The number of hydrogen-bond acceptors (Lipinski definition) is 5. The Morgan fingerprint density at radius 1 is 1.10 bits per heavy atom. The fourth-order valence-electron chi connectivity index (χ4n) is 4.62. The van der Waals surface area contributed by atoms with E-state index in [2.05, 4.69) is 18.8 Å². The number of anilines is 1. The molecule has 1 atom stereocenters. The van der Waals surface area contributed by atoms with Gasteiger partial charge in [-0.1, -0.05) is 19.9 Å². The van der Waals surface area contributed by atoms with E-state index in [-0.39, 0.29) is 36.2 Å². The highest BCUT2D eigenvalue weighted by Gasteiger charge is 2.44. The topological polar surface area (TPSA) is 68.7 Å². The predicted octanol–water partition coefficient (Wildman–Crippen LogP) is 3.97. The molecule has 0 fully saturated rings. The number of allylic oxidation sites excluding steroid dienone is 2. The molecule has 29 heavy (non-hydrogen) atoms. The molecular formula is C23H22N2O4. The highest BCUT2D eigenvalue weighted by molar-refractivity contribution is 6.07. The Bertz CT molecular complexity index is 1040. The highest BCUT2D eigenvalue weighted by Crippen LogP contribution is 2.49. The molecule has 1 aliphatic carbocycles. The largest absolute Gasteiger partial charge is 0.454 e. The van der Waals surface area contributed by atoms with Crippen molar-refractivity contribution in [2.24, 2.45) is 5.41 Å². The molecule has 0 bridgehead atoms. The number of hydrogen-bond donors (Lipinski definition) is 0. The second-order valence-corrected chi connectivity index (χ2v) is 8.61. The second kappa shape index (κ2) is 6.44. The van der Waals surface area contributed by atoms with Gasteiger partial charge >= 0.3 is 0 Å². The number of pyridine rings is 1. The van der Waals surface area contributed by atoms with Gasteiger partial charge in [0, 0.05) is 36.2 Å². The van der Waals surface area contributed by atoms with Crippen molar-refractivity contribution in [3.05, 3.63) is 59.6 Å². The lowest BCUT2D eigenvalue weighted by Gasteiger charge is -2.42. The van der Waals surface area contributed by atoms with E-state index < -0.39 is 0 Å². The van der Waals surface area contributed by atoms with Crippen LogP contribution < -0.4 is 14.4 Å². The Morgan fingerprint density at radius 2 is 1.93 bits per heavy atom. The minimum Gasteiger partial charge on any atom is -0.454 e. The van der Waals surface area contributed by atoms with Crippen LogP contribution in [-0.2, 0) is 9.59 Å². The Labute approximate surface area is 169 Å². The third-order valence-electron chi connectivity index (χ3n) is 5.85. The van der Waals surface area contributed by atoms with Crippen molar-refractivity contribution in [1.82, 2.24) is 4.98 Å². The number of ketones is 1. The van der Waals surface area contributed by atoms with Gasteiger partial charge in [0.2, 0.25) is 12.7 Å². The summed E-state index contributed by atoms with van der Waals surface area (Å²) in [6, 6.07) is 9.36. The van der Waals surface area contributed by atoms with E-state index in [1.54, 1.807) is 17.3 Å². The maximum atomic E-state index is 13.3. The van der Waals surface area contributed by atoms with Crippen LogP contribution in [0.5, 0.6) is 11.5 Å². The molecule has 0 radical (unpaired) electrons. The van der Waals surface area contributed by atoms with E-state index in [0.717, 1.165) is 16.8 Å². The fourth-order valence-corrected chi connectivity index (χ4v) is 4.62. The third-order valence-corrected chi connectivity index (χ3v) is 5.85. The molecule has 1 amide bonds. The van der Waals surface area contributed by atoms with E-state index in [1.165, 1.54) is 0 Å². The van der Waals surface area contributed by atoms with Gasteiger partial charge in [0.05, 0.1) is 11.9 Å². The van der Waals surface area contributed by atoms with Gasteiger partial charge in [0.25, 0.3) is 0 Å². The summed E-state index contributed by atoms with van der Waals surface area (Å²) in [6.07, 6.45) is 4.73. The number of nitrogens with zero attached hydrogens (tertiary/aromatic N) is 2. The maximum Gasteiger partial charge on any atom is 0.232 e. The van der Waals surface area contributed by atoms with E-state index in [0.29, 0.717) is 30.0 Å². The van der Waals surface area contributed by atoms with Crippen molar-refractivity contribution in [1.29, 1.82) is 0 Å². The molecule has 6 nitrogen and oxygen atoms in total. The highest BCUT2D eigenvalue weighted by atomic mass is 16.7. The number of amides is 1.